The summed E-state index contributed by atoms with van der Waals surface area (Å²) in [6.07, 6.45) is 1.38. The standard InChI is InChI=1S/C16H23BrN4O5/c1-16(5-4-6-19-20-18)11(22)8-21-7-10(17)13(23)14(25-3)12(21)15(16)26-9-24-2/h7,11,15,22H,4-6,8-9H2,1-3H3. The summed E-state index contributed by atoms with van der Waals surface area (Å²) in [5.41, 5.74) is 8.02. The molecule has 0 saturated heterocycles. The molecule has 9 nitrogen and oxygen atoms in total. The number of aromatic nitrogens is 1. The van der Waals surface area contributed by atoms with Crippen molar-refractivity contribution in [3.05, 3.63) is 37.0 Å². The smallest absolute Gasteiger partial charge is 0.237 e. The second-order valence-electron chi connectivity index (χ2n) is 6.41. The van der Waals surface area contributed by atoms with Crippen molar-refractivity contribution in [1.29, 1.82) is 0 Å². The molecule has 0 radical (unpaired) electrons. The Morgan fingerprint density at radius 3 is 2.88 bits per heavy atom. The number of pyridine rings is 1. The van der Waals surface area contributed by atoms with Crippen LogP contribution in [0.2, 0.25) is 0 Å². The van der Waals surface area contributed by atoms with Crippen LogP contribution in [-0.4, -0.2) is 43.3 Å². The number of ether oxygens (including phenoxy) is 3. The molecule has 1 aromatic rings. The van der Waals surface area contributed by atoms with Crippen molar-refractivity contribution in [2.75, 3.05) is 27.6 Å². The second-order valence-corrected chi connectivity index (χ2v) is 7.26. The average molecular weight is 431 g/mol. The highest BCUT2D eigenvalue weighted by atomic mass is 79.9. The molecule has 1 aliphatic heterocycles. The Bertz CT molecular complexity index is 749. The monoisotopic (exact) mass is 430 g/mol. The van der Waals surface area contributed by atoms with E-state index < -0.39 is 17.6 Å². The largest absolute Gasteiger partial charge is 0.491 e. The summed E-state index contributed by atoms with van der Waals surface area (Å²) in [6, 6.07) is 0. The van der Waals surface area contributed by atoms with Crippen molar-refractivity contribution in [3.8, 4) is 5.75 Å². The Labute approximate surface area is 159 Å². The Morgan fingerprint density at radius 1 is 1.54 bits per heavy atom. The number of aliphatic hydroxyl groups excluding tert-OH is 1. The lowest BCUT2D eigenvalue weighted by Crippen LogP contribution is -2.48. The molecular formula is C16H23BrN4O5. The molecule has 3 unspecified atom stereocenters. The zero-order valence-electron chi connectivity index (χ0n) is 15.0. The number of azide groups is 1. The lowest BCUT2D eigenvalue weighted by molar-refractivity contribution is -0.167. The topological polar surface area (TPSA) is 119 Å². The molecule has 0 aromatic carbocycles. The second kappa shape index (κ2) is 8.88. The molecule has 0 fully saturated rings. The SMILES string of the molecule is COCOC1c2c(OC)c(=O)c(Br)cn2CC(O)C1(C)CCCN=[N+]=[N-]. The normalized spacial score (nSPS) is 24.7. The van der Waals surface area contributed by atoms with Crippen molar-refractivity contribution in [1.82, 2.24) is 4.57 Å². The Balaban J connectivity index is 2.53. The number of methoxy groups -OCH3 is 2. The first-order valence-electron chi connectivity index (χ1n) is 8.17. The molecule has 10 heteroatoms. The van der Waals surface area contributed by atoms with E-state index in [1.54, 1.807) is 10.8 Å². The van der Waals surface area contributed by atoms with Crippen LogP contribution in [0.15, 0.2) is 20.6 Å². The molecule has 26 heavy (non-hydrogen) atoms. The fourth-order valence-electron chi connectivity index (χ4n) is 3.40. The van der Waals surface area contributed by atoms with Gasteiger partial charge in [-0.2, -0.15) is 0 Å². The van der Waals surface area contributed by atoms with E-state index in [-0.39, 0.29) is 24.5 Å². The zero-order chi connectivity index (χ0) is 19.3. The highest BCUT2D eigenvalue weighted by molar-refractivity contribution is 9.10. The molecule has 3 atom stereocenters. The van der Waals surface area contributed by atoms with E-state index in [2.05, 4.69) is 26.0 Å². The van der Waals surface area contributed by atoms with Gasteiger partial charge in [-0.25, -0.2) is 0 Å². The van der Waals surface area contributed by atoms with E-state index in [1.807, 2.05) is 6.92 Å². The maximum absolute atomic E-state index is 12.5. The Kier molecular flexibility index (Phi) is 7.08. The molecule has 1 aromatic heterocycles. The fourth-order valence-corrected chi connectivity index (χ4v) is 3.83. The zero-order valence-corrected chi connectivity index (χ0v) is 16.6. The minimum Gasteiger partial charge on any atom is -0.491 e. The number of nitrogens with zero attached hydrogens (tertiary/aromatic N) is 4. The average Bonchev–Trinajstić information content (AvgIpc) is 2.61. The molecule has 0 amide bonds. The first-order valence-corrected chi connectivity index (χ1v) is 8.96. The summed E-state index contributed by atoms with van der Waals surface area (Å²) in [7, 11) is 2.94. The summed E-state index contributed by atoms with van der Waals surface area (Å²) in [6.45, 7) is 2.50. The third kappa shape index (κ3) is 3.89. The molecule has 144 valence electrons. The van der Waals surface area contributed by atoms with E-state index in [0.29, 0.717) is 29.6 Å². The van der Waals surface area contributed by atoms with Gasteiger partial charge in [0.05, 0.1) is 23.4 Å². The lowest BCUT2D eigenvalue weighted by Gasteiger charge is -2.46. The fraction of sp³-hybridized carbons (Fsp3) is 0.688. The molecule has 2 rings (SSSR count). The van der Waals surface area contributed by atoms with Crippen LogP contribution in [0.5, 0.6) is 5.75 Å². The molecule has 1 N–H and O–H groups in total. The number of rotatable bonds is 8. The molecule has 0 bridgehead atoms. The first-order chi connectivity index (χ1) is 12.4. The molecule has 0 spiro atoms. The van der Waals surface area contributed by atoms with E-state index in [9.17, 15) is 9.90 Å². The van der Waals surface area contributed by atoms with E-state index in [4.69, 9.17) is 19.7 Å². The van der Waals surface area contributed by atoms with Crippen LogP contribution in [0.1, 0.15) is 31.6 Å². The van der Waals surface area contributed by atoms with Crippen molar-refractivity contribution in [2.24, 2.45) is 10.5 Å². The van der Waals surface area contributed by atoms with Gasteiger partial charge in [-0.15, -0.1) is 0 Å². The van der Waals surface area contributed by atoms with Gasteiger partial charge in [0.15, 0.2) is 5.75 Å². The molecule has 1 aliphatic rings. The summed E-state index contributed by atoms with van der Waals surface area (Å²) in [5, 5.41) is 14.4. The quantitative estimate of drug-likeness (QED) is 0.223. The minimum atomic E-state index is -0.734. The maximum atomic E-state index is 12.5. The Hall–Kier alpha value is -1.58. The van der Waals surface area contributed by atoms with Gasteiger partial charge < -0.3 is 23.9 Å². The van der Waals surface area contributed by atoms with Crippen LogP contribution in [0.25, 0.3) is 10.4 Å². The van der Waals surface area contributed by atoms with Crippen LogP contribution in [-0.2, 0) is 16.0 Å². The number of hydrogen-bond donors (Lipinski definition) is 1. The summed E-state index contributed by atoms with van der Waals surface area (Å²) < 4.78 is 18.4. The van der Waals surface area contributed by atoms with Gasteiger partial charge in [-0.05, 0) is 34.3 Å². The van der Waals surface area contributed by atoms with Gasteiger partial charge in [0.1, 0.15) is 12.9 Å². The highest BCUT2D eigenvalue weighted by Gasteiger charge is 2.48. The Morgan fingerprint density at radius 2 is 2.27 bits per heavy atom. The predicted octanol–water partition coefficient (Wildman–Crippen LogP) is 2.75. The molecule has 0 saturated carbocycles. The van der Waals surface area contributed by atoms with Gasteiger partial charge in [-0.1, -0.05) is 12.0 Å². The van der Waals surface area contributed by atoms with Gasteiger partial charge in [0.25, 0.3) is 0 Å². The summed E-state index contributed by atoms with van der Waals surface area (Å²) in [4.78, 5) is 15.2. The third-order valence-corrected chi connectivity index (χ3v) is 5.37. The summed E-state index contributed by atoms with van der Waals surface area (Å²) >= 11 is 3.24. The van der Waals surface area contributed by atoms with Gasteiger partial charge in [0.2, 0.25) is 5.43 Å². The summed E-state index contributed by atoms with van der Waals surface area (Å²) in [5.74, 6) is 0.175. The predicted molar refractivity (Wildman–Crippen MR) is 98.0 cm³/mol. The van der Waals surface area contributed by atoms with Crippen molar-refractivity contribution >= 4 is 15.9 Å². The van der Waals surface area contributed by atoms with E-state index in [0.717, 1.165) is 0 Å². The minimum absolute atomic E-state index is 0.00324. The van der Waals surface area contributed by atoms with Crippen LogP contribution in [0, 0.1) is 5.41 Å². The van der Waals surface area contributed by atoms with Crippen LogP contribution < -0.4 is 10.2 Å². The van der Waals surface area contributed by atoms with Crippen molar-refractivity contribution in [2.45, 2.75) is 38.5 Å². The highest BCUT2D eigenvalue weighted by Crippen LogP contribution is 2.49. The van der Waals surface area contributed by atoms with Gasteiger partial charge in [-0.3, -0.25) is 4.79 Å². The number of aliphatic hydroxyl groups is 1. The number of halogens is 1. The number of fused-ring (bicyclic) bond motifs is 1. The van der Waals surface area contributed by atoms with Crippen molar-refractivity contribution in [3.63, 3.8) is 0 Å². The van der Waals surface area contributed by atoms with Crippen LogP contribution in [0.4, 0.5) is 0 Å². The van der Waals surface area contributed by atoms with E-state index in [1.165, 1.54) is 14.2 Å². The first kappa shape index (κ1) is 20.7. The molecule has 2 heterocycles. The number of hydrogen-bond acceptors (Lipinski definition) is 6. The van der Waals surface area contributed by atoms with Crippen LogP contribution in [0.3, 0.4) is 0 Å². The van der Waals surface area contributed by atoms with Gasteiger partial charge >= 0.3 is 0 Å². The van der Waals surface area contributed by atoms with E-state index >= 15 is 0 Å². The van der Waals surface area contributed by atoms with Gasteiger partial charge in [0, 0.05) is 36.7 Å². The van der Waals surface area contributed by atoms with Crippen molar-refractivity contribution < 1.29 is 19.3 Å². The maximum Gasteiger partial charge on any atom is 0.237 e. The molecule has 0 aliphatic carbocycles. The van der Waals surface area contributed by atoms with Crippen LogP contribution >= 0.6 is 15.9 Å². The lowest BCUT2D eigenvalue weighted by atomic mass is 9.71. The third-order valence-electron chi connectivity index (χ3n) is 4.81. The molecular weight excluding hydrogens is 408 g/mol.